The zero-order valence-corrected chi connectivity index (χ0v) is 13.7. The van der Waals surface area contributed by atoms with Crippen molar-refractivity contribution in [3.05, 3.63) is 22.9 Å². The Balaban J connectivity index is 1.66. The lowest BCUT2D eigenvalue weighted by atomic mass is 9.97. The fraction of sp³-hybridized carbons (Fsp3) is 0.571. The van der Waals surface area contributed by atoms with E-state index < -0.39 is 0 Å². The maximum Gasteiger partial charge on any atom is 0.265 e. The minimum atomic E-state index is 0.302. The van der Waals surface area contributed by atoms with Gasteiger partial charge in [-0.3, -0.25) is 0 Å². The molecule has 0 atom stereocenters. The predicted molar refractivity (Wildman–Crippen MR) is 84.6 cm³/mol. The third-order valence-electron chi connectivity index (χ3n) is 3.79. The van der Waals surface area contributed by atoms with Gasteiger partial charge < -0.3 is 14.3 Å². The largest absolute Gasteiger partial charge is 0.356 e. The van der Waals surface area contributed by atoms with Crippen LogP contribution in [0.1, 0.15) is 30.5 Å². The number of nitrogens with zero attached hydrogens (tertiary/aromatic N) is 6. The molecule has 1 fully saturated rings. The van der Waals surface area contributed by atoms with Gasteiger partial charge in [0.2, 0.25) is 5.89 Å². The SMILES string of the molecule is Cc1nc(Cl)cc(N2CCC(c3nc(N(C)C)no3)CC2)n1. The van der Waals surface area contributed by atoms with Gasteiger partial charge >= 0.3 is 0 Å². The van der Waals surface area contributed by atoms with Gasteiger partial charge in [0.15, 0.2) is 0 Å². The van der Waals surface area contributed by atoms with Crippen molar-refractivity contribution < 1.29 is 4.52 Å². The van der Waals surface area contributed by atoms with Crippen molar-refractivity contribution in [3.63, 3.8) is 0 Å². The summed E-state index contributed by atoms with van der Waals surface area (Å²) in [6.45, 7) is 3.62. The topological polar surface area (TPSA) is 71.2 Å². The third-order valence-corrected chi connectivity index (χ3v) is 3.99. The summed E-state index contributed by atoms with van der Waals surface area (Å²) >= 11 is 6.01. The summed E-state index contributed by atoms with van der Waals surface area (Å²) < 4.78 is 5.38. The summed E-state index contributed by atoms with van der Waals surface area (Å²) in [5, 5.41) is 4.46. The summed E-state index contributed by atoms with van der Waals surface area (Å²) in [7, 11) is 3.80. The Labute approximate surface area is 134 Å². The molecule has 0 bridgehead atoms. The van der Waals surface area contributed by atoms with Crippen LogP contribution >= 0.6 is 11.6 Å². The number of piperidine rings is 1. The fourth-order valence-electron chi connectivity index (χ4n) is 2.61. The van der Waals surface area contributed by atoms with E-state index in [1.807, 2.05) is 32.0 Å². The van der Waals surface area contributed by atoms with E-state index in [-0.39, 0.29) is 0 Å². The van der Waals surface area contributed by atoms with Crippen LogP contribution in [0.2, 0.25) is 5.15 Å². The van der Waals surface area contributed by atoms with E-state index in [0.717, 1.165) is 37.6 Å². The Kier molecular flexibility index (Phi) is 4.15. The van der Waals surface area contributed by atoms with Crippen LogP contribution in [-0.2, 0) is 0 Å². The van der Waals surface area contributed by atoms with Crippen molar-refractivity contribution in [1.29, 1.82) is 0 Å². The van der Waals surface area contributed by atoms with E-state index in [4.69, 9.17) is 16.1 Å². The summed E-state index contributed by atoms with van der Waals surface area (Å²) in [5.41, 5.74) is 0. The minimum absolute atomic E-state index is 0.302. The maximum absolute atomic E-state index is 6.01. The molecule has 1 saturated heterocycles. The molecule has 0 saturated carbocycles. The van der Waals surface area contributed by atoms with Gasteiger partial charge in [-0.2, -0.15) is 4.98 Å². The molecule has 8 heteroatoms. The first kappa shape index (κ1) is 15.0. The van der Waals surface area contributed by atoms with E-state index in [9.17, 15) is 0 Å². The molecule has 2 aromatic heterocycles. The second-order valence-electron chi connectivity index (χ2n) is 5.68. The van der Waals surface area contributed by atoms with Crippen LogP contribution in [0.4, 0.5) is 11.8 Å². The lowest BCUT2D eigenvalue weighted by Gasteiger charge is -2.31. The lowest BCUT2D eigenvalue weighted by Crippen LogP contribution is -2.33. The molecule has 7 nitrogen and oxygen atoms in total. The van der Waals surface area contributed by atoms with Crippen molar-refractivity contribution in [1.82, 2.24) is 20.1 Å². The molecular weight excluding hydrogens is 304 g/mol. The van der Waals surface area contributed by atoms with Gasteiger partial charge in [0.05, 0.1) is 0 Å². The van der Waals surface area contributed by atoms with Gasteiger partial charge in [0.1, 0.15) is 16.8 Å². The van der Waals surface area contributed by atoms with Crippen LogP contribution in [0.5, 0.6) is 0 Å². The molecule has 22 heavy (non-hydrogen) atoms. The molecule has 0 unspecified atom stereocenters. The van der Waals surface area contributed by atoms with E-state index in [1.54, 1.807) is 0 Å². The quantitative estimate of drug-likeness (QED) is 0.803. The van der Waals surface area contributed by atoms with Gasteiger partial charge in [-0.05, 0) is 24.9 Å². The minimum Gasteiger partial charge on any atom is -0.356 e. The van der Waals surface area contributed by atoms with Crippen LogP contribution in [-0.4, -0.2) is 47.3 Å². The highest BCUT2D eigenvalue weighted by Crippen LogP contribution is 2.30. The average molecular weight is 323 g/mol. The number of hydrogen-bond donors (Lipinski definition) is 0. The molecule has 2 aromatic rings. The first-order valence-corrected chi connectivity index (χ1v) is 7.68. The van der Waals surface area contributed by atoms with Crippen molar-refractivity contribution in [2.24, 2.45) is 0 Å². The van der Waals surface area contributed by atoms with Crippen LogP contribution in [0.25, 0.3) is 0 Å². The highest BCUT2D eigenvalue weighted by Gasteiger charge is 2.26. The molecule has 3 rings (SSSR count). The van der Waals surface area contributed by atoms with Crippen LogP contribution in [0, 0.1) is 6.92 Å². The van der Waals surface area contributed by atoms with Crippen LogP contribution in [0.3, 0.4) is 0 Å². The summed E-state index contributed by atoms with van der Waals surface area (Å²) in [6, 6.07) is 1.81. The monoisotopic (exact) mass is 322 g/mol. The first-order valence-electron chi connectivity index (χ1n) is 7.30. The van der Waals surface area contributed by atoms with Gasteiger partial charge in [0, 0.05) is 39.2 Å². The van der Waals surface area contributed by atoms with E-state index >= 15 is 0 Å². The van der Waals surface area contributed by atoms with Crippen molar-refractivity contribution in [2.75, 3.05) is 37.0 Å². The van der Waals surface area contributed by atoms with Crippen molar-refractivity contribution >= 4 is 23.4 Å². The van der Waals surface area contributed by atoms with Gasteiger partial charge in [-0.1, -0.05) is 11.6 Å². The summed E-state index contributed by atoms with van der Waals surface area (Å²) in [5.74, 6) is 3.22. The third kappa shape index (κ3) is 3.14. The Morgan fingerprint density at radius 3 is 2.55 bits per heavy atom. The average Bonchev–Trinajstić information content (AvgIpc) is 2.96. The second kappa shape index (κ2) is 6.08. The van der Waals surface area contributed by atoms with Crippen molar-refractivity contribution in [3.8, 4) is 0 Å². The molecule has 3 heterocycles. The molecule has 118 valence electrons. The molecule has 0 spiro atoms. The van der Waals surface area contributed by atoms with E-state index in [2.05, 4.69) is 25.0 Å². The normalized spacial score (nSPS) is 16.1. The fourth-order valence-corrected chi connectivity index (χ4v) is 2.83. The zero-order chi connectivity index (χ0) is 15.7. The molecule has 0 aliphatic carbocycles. The Bertz CT molecular complexity index is 630. The number of hydrogen-bond acceptors (Lipinski definition) is 7. The highest BCUT2D eigenvalue weighted by molar-refractivity contribution is 6.29. The van der Waals surface area contributed by atoms with Gasteiger partial charge in [-0.15, -0.1) is 0 Å². The van der Waals surface area contributed by atoms with Crippen LogP contribution < -0.4 is 9.80 Å². The number of anilines is 2. The highest BCUT2D eigenvalue weighted by atomic mass is 35.5. The smallest absolute Gasteiger partial charge is 0.265 e. The summed E-state index contributed by atoms with van der Waals surface area (Å²) in [6.07, 6.45) is 1.91. The first-order chi connectivity index (χ1) is 10.5. The molecule has 1 aliphatic heterocycles. The van der Waals surface area contributed by atoms with Crippen molar-refractivity contribution in [2.45, 2.75) is 25.7 Å². The lowest BCUT2D eigenvalue weighted by molar-refractivity contribution is 0.329. The standard InChI is InChI=1S/C14H19ClN6O/c1-9-16-11(15)8-12(17-9)21-6-4-10(5-7-21)13-18-14(19-22-13)20(2)3/h8,10H,4-7H2,1-3H3. The number of rotatable bonds is 3. The van der Waals surface area contributed by atoms with Gasteiger partial charge in [0.25, 0.3) is 5.95 Å². The molecular formula is C14H19ClN6O. The number of halogens is 1. The number of aryl methyl sites for hydroxylation is 1. The molecule has 1 aliphatic rings. The summed E-state index contributed by atoms with van der Waals surface area (Å²) in [4.78, 5) is 17.1. The molecule has 0 aromatic carbocycles. The molecule has 0 radical (unpaired) electrons. The Morgan fingerprint density at radius 2 is 1.95 bits per heavy atom. The van der Waals surface area contributed by atoms with Crippen LogP contribution in [0.15, 0.2) is 10.6 Å². The Hall–Kier alpha value is -1.89. The van der Waals surface area contributed by atoms with E-state index in [1.165, 1.54) is 0 Å². The molecule has 0 amide bonds. The maximum atomic E-state index is 6.01. The Morgan fingerprint density at radius 1 is 1.23 bits per heavy atom. The molecule has 0 N–H and O–H groups in total. The second-order valence-corrected chi connectivity index (χ2v) is 6.07. The zero-order valence-electron chi connectivity index (χ0n) is 13.0. The number of aromatic nitrogens is 4. The predicted octanol–water partition coefficient (Wildman–Crippen LogP) is 2.27. The van der Waals surface area contributed by atoms with E-state index in [0.29, 0.717) is 22.8 Å². The van der Waals surface area contributed by atoms with Gasteiger partial charge in [-0.25, -0.2) is 9.97 Å².